The molecule has 0 N–H and O–H groups in total. The molecule has 7 heteroatoms. The minimum atomic E-state index is -4.64. The van der Waals surface area contributed by atoms with Gasteiger partial charge >= 0.3 is 10.9 Å². The summed E-state index contributed by atoms with van der Waals surface area (Å²) in [5.41, 5.74) is -4.64. The summed E-state index contributed by atoms with van der Waals surface area (Å²) in [5, 5.41) is -3.78. The number of halogens is 6. The first kappa shape index (κ1) is 10.3. The van der Waals surface area contributed by atoms with Crippen LogP contribution in [-0.4, -0.2) is 16.6 Å². The van der Waals surface area contributed by atoms with Gasteiger partial charge in [0.2, 0.25) is 0 Å². The van der Waals surface area contributed by atoms with Crippen LogP contribution in [0.2, 0.25) is 0 Å². The van der Waals surface area contributed by atoms with Crippen LogP contribution in [0.15, 0.2) is 0 Å². The van der Waals surface area contributed by atoms with Gasteiger partial charge in [-0.05, 0) is 23.4 Å². The zero-order valence-corrected chi connectivity index (χ0v) is 5.96. The van der Waals surface area contributed by atoms with Gasteiger partial charge in [0.15, 0.2) is 0 Å². The SMILES string of the molecule is FC(F)(Cl)CSC(F)(F)F. The summed E-state index contributed by atoms with van der Waals surface area (Å²) < 4.78 is 56.5. The molecular weight excluding hydrogens is 199 g/mol. The van der Waals surface area contributed by atoms with Gasteiger partial charge in [-0.2, -0.15) is 22.0 Å². The molecule has 0 saturated carbocycles. The molecular formula is C3H2ClF5S. The third kappa shape index (κ3) is 8.29. The zero-order valence-electron chi connectivity index (χ0n) is 4.38. The summed E-state index contributed by atoms with van der Waals surface area (Å²) in [6.07, 6.45) is 0. The largest absolute Gasteiger partial charge is 0.442 e. The highest BCUT2D eigenvalue weighted by Gasteiger charge is 2.35. The van der Waals surface area contributed by atoms with Crippen LogP contribution in [-0.2, 0) is 0 Å². The first-order valence-corrected chi connectivity index (χ1v) is 3.34. The molecule has 0 aliphatic rings. The molecule has 0 aromatic rings. The Bertz CT molecular complexity index is 90.4. The van der Waals surface area contributed by atoms with Crippen molar-refractivity contribution in [3.63, 3.8) is 0 Å². The predicted octanol–water partition coefficient (Wildman–Crippen LogP) is 3.07. The van der Waals surface area contributed by atoms with E-state index >= 15 is 0 Å². The van der Waals surface area contributed by atoms with E-state index in [0.29, 0.717) is 0 Å². The van der Waals surface area contributed by atoms with E-state index in [-0.39, 0.29) is 0 Å². The quantitative estimate of drug-likeness (QED) is 0.488. The predicted molar refractivity (Wildman–Crippen MR) is 29.3 cm³/mol. The van der Waals surface area contributed by atoms with E-state index in [1.54, 1.807) is 0 Å². The Hall–Kier alpha value is 0.290. The lowest BCUT2D eigenvalue weighted by Gasteiger charge is -2.08. The van der Waals surface area contributed by atoms with Crippen molar-refractivity contribution in [2.75, 3.05) is 5.75 Å². The third-order valence-electron chi connectivity index (χ3n) is 0.399. The van der Waals surface area contributed by atoms with Gasteiger partial charge in [-0.3, -0.25) is 0 Å². The number of hydrogen-bond donors (Lipinski definition) is 0. The number of thioether (sulfide) groups is 1. The van der Waals surface area contributed by atoms with Gasteiger partial charge in [-0.25, -0.2) is 0 Å². The topological polar surface area (TPSA) is 0 Å². The van der Waals surface area contributed by atoms with Gasteiger partial charge in [0.1, 0.15) is 0 Å². The van der Waals surface area contributed by atoms with Crippen LogP contribution in [0.25, 0.3) is 0 Å². The van der Waals surface area contributed by atoms with E-state index in [2.05, 4.69) is 11.6 Å². The van der Waals surface area contributed by atoms with Crippen molar-refractivity contribution in [1.82, 2.24) is 0 Å². The maximum atomic E-state index is 11.5. The van der Waals surface area contributed by atoms with Crippen molar-refractivity contribution >= 4 is 23.4 Å². The van der Waals surface area contributed by atoms with E-state index in [9.17, 15) is 22.0 Å². The molecule has 0 unspecified atom stereocenters. The normalized spacial score (nSPS) is 13.8. The first-order valence-electron chi connectivity index (χ1n) is 1.98. The van der Waals surface area contributed by atoms with E-state index in [0.717, 1.165) is 0 Å². The number of hydrogen-bond acceptors (Lipinski definition) is 1. The van der Waals surface area contributed by atoms with Crippen LogP contribution in [0, 0.1) is 0 Å². The summed E-state index contributed by atoms with van der Waals surface area (Å²) in [6, 6.07) is 0. The van der Waals surface area contributed by atoms with Crippen LogP contribution in [0.5, 0.6) is 0 Å². The highest BCUT2D eigenvalue weighted by Crippen LogP contribution is 2.35. The van der Waals surface area contributed by atoms with Crippen LogP contribution in [0.3, 0.4) is 0 Å². The van der Waals surface area contributed by atoms with Crippen LogP contribution in [0.1, 0.15) is 0 Å². The van der Waals surface area contributed by atoms with Gasteiger partial charge in [-0.1, -0.05) is 0 Å². The fraction of sp³-hybridized carbons (Fsp3) is 1.00. The first-order chi connectivity index (χ1) is 4.21. The monoisotopic (exact) mass is 200 g/mol. The lowest BCUT2D eigenvalue weighted by Crippen LogP contribution is -2.14. The Morgan fingerprint density at radius 3 is 1.60 bits per heavy atom. The average Bonchev–Trinajstić information content (AvgIpc) is 1.57. The molecule has 0 heterocycles. The fourth-order valence-corrected chi connectivity index (χ4v) is 0.655. The molecule has 0 aromatic heterocycles. The Morgan fingerprint density at radius 1 is 1.10 bits per heavy atom. The smallest absolute Gasteiger partial charge is 0.187 e. The second-order valence-electron chi connectivity index (χ2n) is 1.35. The average molecular weight is 201 g/mol. The van der Waals surface area contributed by atoms with Crippen LogP contribution in [0.4, 0.5) is 22.0 Å². The van der Waals surface area contributed by atoms with Crippen LogP contribution < -0.4 is 0 Å². The maximum Gasteiger partial charge on any atom is 0.442 e. The van der Waals surface area contributed by atoms with Crippen molar-refractivity contribution in [3.05, 3.63) is 0 Å². The molecule has 0 saturated heterocycles. The summed E-state index contributed by atoms with van der Waals surface area (Å²) in [6.45, 7) is 0. The number of alkyl halides is 6. The Labute approximate surface area is 62.7 Å². The minimum Gasteiger partial charge on any atom is -0.187 e. The van der Waals surface area contributed by atoms with E-state index in [1.807, 2.05) is 0 Å². The summed E-state index contributed by atoms with van der Waals surface area (Å²) >= 11 is 3.34. The van der Waals surface area contributed by atoms with E-state index < -0.39 is 28.4 Å². The summed E-state index contributed by atoms with van der Waals surface area (Å²) in [4.78, 5) is 0. The molecule has 0 spiro atoms. The van der Waals surface area contributed by atoms with Crippen molar-refractivity contribution in [2.24, 2.45) is 0 Å². The van der Waals surface area contributed by atoms with Crippen LogP contribution >= 0.6 is 23.4 Å². The molecule has 0 bridgehead atoms. The van der Waals surface area contributed by atoms with Gasteiger partial charge in [-0.15, -0.1) is 0 Å². The molecule has 0 amide bonds. The van der Waals surface area contributed by atoms with Gasteiger partial charge in [0.05, 0.1) is 5.75 Å². The Morgan fingerprint density at radius 2 is 1.50 bits per heavy atom. The fourth-order valence-electron chi connectivity index (χ4n) is 0.164. The highest BCUT2D eigenvalue weighted by atomic mass is 35.5. The molecule has 0 fully saturated rings. The highest BCUT2D eigenvalue weighted by molar-refractivity contribution is 8.00. The second-order valence-corrected chi connectivity index (χ2v) is 2.94. The molecule has 0 atom stereocenters. The van der Waals surface area contributed by atoms with Crippen molar-refractivity contribution < 1.29 is 22.0 Å². The molecule has 0 aromatic carbocycles. The Kier molecular flexibility index (Phi) is 3.22. The standard InChI is InChI=1S/C3H2ClF5S/c4-2(5,6)1-10-3(7,8)9/h1H2. The second kappa shape index (κ2) is 3.13. The third-order valence-corrected chi connectivity index (χ3v) is 1.53. The van der Waals surface area contributed by atoms with E-state index in [1.165, 1.54) is 0 Å². The number of rotatable bonds is 2. The van der Waals surface area contributed by atoms with Crippen molar-refractivity contribution in [2.45, 2.75) is 10.9 Å². The minimum absolute atomic E-state index is 0.841. The molecule has 0 rings (SSSR count). The molecule has 0 aliphatic carbocycles. The zero-order chi connectivity index (χ0) is 8.41. The van der Waals surface area contributed by atoms with E-state index in [4.69, 9.17) is 0 Å². The molecule has 0 aliphatic heterocycles. The van der Waals surface area contributed by atoms with Crippen molar-refractivity contribution in [3.8, 4) is 0 Å². The van der Waals surface area contributed by atoms with Gasteiger partial charge in [0.25, 0.3) is 0 Å². The van der Waals surface area contributed by atoms with Gasteiger partial charge in [0, 0.05) is 0 Å². The molecule has 62 valence electrons. The molecule has 0 radical (unpaired) electrons. The summed E-state index contributed by atoms with van der Waals surface area (Å²) in [7, 11) is 0. The molecule has 0 nitrogen and oxygen atoms in total. The Balaban J connectivity index is 3.56. The maximum absolute atomic E-state index is 11.5. The van der Waals surface area contributed by atoms with Gasteiger partial charge < -0.3 is 0 Å². The summed E-state index contributed by atoms with van der Waals surface area (Å²) in [5.74, 6) is -1.45. The lowest BCUT2D eigenvalue weighted by molar-refractivity contribution is -0.0340. The van der Waals surface area contributed by atoms with Crippen molar-refractivity contribution in [1.29, 1.82) is 0 Å². The lowest BCUT2D eigenvalue weighted by atomic mass is 10.8. The molecule has 10 heavy (non-hydrogen) atoms.